The zero-order chi connectivity index (χ0) is 5.98. The van der Waals surface area contributed by atoms with Gasteiger partial charge in [0, 0.05) is 6.42 Å². The summed E-state index contributed by atoms with van der Waals surface area (Å²) in [7, 11) is 0. The third-order valence-electron chi connectivity index (χ3n) is 1.57. The highest BCUT2D eigenvalue weighted by atomic mass is 16.5. The first-order valence-electron chi connectivity index (χ1n) is 3.13. The molecule has 0 aliphatic carbocycles. The van der Waals surface area contributed by atoms with E-state index in [1.807, 2.05) is 0 Å². The van der Waals surface area contributed by atoms with Gasteiger partial charge < -0.3 is 9.84 Å². The van der Waals surface area contributed by atoms with Crippen molar-refractivity contribution < 1.29 is 9.84 Å². The molecule has 1 aliphatic heterocycles. The molecule has 2 nitrogen and oxygen atoms in total. The van der Waals surface area contributed by atoms with E-state index < -0.39 is 0 Å². The lowest BCUT2D eigenvalue weighted by atomic mass is 10.0. The zero-order valence-electron chi connectivity index (χ0n) is 5.13. The summed E-state index contributed by atoms with van der Waals surface area (Å²) in [6.07, 6.45) is 2.72. The molecule has 1 fully saturated rings. The van der Waals surface area contributed by atoms with Crippen LogP contribution in [-0.2, 0) is 4.74 Å². The van der Waals surface area contributed by atoms with Crippen LogP contribution in [0.5, 0.6) is 0 Å². The Morgan fingerprint density at radius 3 is 2.62 bits per heavy atom. The quantitative estimate of drug-likeness (QED) is 0.570. The van der Waals surface area contributed by atoms with Gasteiger partial charge in [-0.05, 0) is 6.42 Å². The van der Waals surface area contributed by atoms with Crippen LogP contribution in [0.1, 0.15) is 19.8 Å². The van der Waals surface area contributed by atoms with Crippen molar-refractivity contribution in [3.05, 3.63) is 0 Å². The van der Waals surface area contributed by atoms with Crippen molar-refractivity contribution >= 4 is 0 Å². The third kappa shape index (κ3) is 1.01. The van der Waals surface area contributed by atoms with Gasteiger partial charge in [0.2, 0.25) is 0 Å². The highest BCUT2D eigenvalue weighted by Gasteiger charge is 2.26. The topological polar surface area (TPSA) is 29.5 Å². The second kappa shape index (κ2) is 2.46. The first-order valence-corrected chi connectivity index (χ1v) is 3.13. The Balaban J connectivity index is 2.03. The minimum absolute atomic E-state index is 0.153. The third-order valence-corrected chi connectivity index (χ3v) is 1.57. The molecule has 2 unspecified atom stereocenters. The van der Waals surface area contributed by atoms with Crippen LogP contribution < -0.4 is 0 Å². The van der Waals surface area contributed by atoms with Gasteiger partial charge in [-0.15, -0.1) is 0 Å². The van der Waals surface area contributed by atoms with E-state index in [-0.39, 0.29) is 12.7 Å². The van der Waals surface area contributed by atoms with E-state index in [1.54, 1.807) is 0 Å². The molecule has 2 atom stereocenters. The van der Waals surface area contributed by atoms with Crippen LogP contribution in [0.4, 0.5) is 0 Å². The van der Waals surface area contributed by atoms with Crippen LogP contribution in [0.3, 0.4) is 0 Å². The van der Waals surface area contributed by atoms with Crippen LogP contribution in [0.25, 0.3) is 0 Å². The molecular formula is C6H12O2. The van der Waals surface area contributed by atoms with Crippen molar-refractivity contribution in [3.63, 3.8) is 0 Å². The molecule has 1 rings (SSSR count). The molecule has 0 spiro atoms. The summed E-state index contributed by atoms with van der Waals surface area (Å²) in [6.45, 7) is 2.29. The number of hydrogen-bond donors (Lipinski definition) is 1. The average Bonchev–Trinajstić information content (AvgIpc) is 1.65. The van der Waals surface area contributed by atoms with Gasteiger partial charge in [-0.25, -0.2) is 0 Å². The Labute approximate surface area is 49.5 Å². The van der Waals surface area contributed by atoms with Crippen LogP contribution in [0, 0.1) is 0 Å². The Morgan fingerprint density at radius 2 is 2.25 bits per heavy atom. The van der Waals surface area contributed by atoms with Crippen LogP contribution in [-0.4, -0.2) is 23.9 Å². The molecule has 1 aliphatic rings. The van der Waals surface area contributed by atoms with Gasteiger partial charge >= 0.3 is 0 Å². The van der Waals surface area contributed by atoms with E-state index in [0.29, 0.717) is 6.10 Å². The van der Waals surface area contributed by atoms with Gasteiger partial charge in [0.25, 0.3) is 0 Å². The monoisotopic (exact) mass is 116 g/mol. The molecular weight excluding hydrogens is 104 g/mol. The summed E-state index contributed by atoms with van der Waals surface area (Å²) in [5.74, 6) is 0. The lowest BCUT2D eigenvalue weighted by Gasteiger charge is -2.33. The fourth-order valence-corrected chi connectivity index (χ4v) is 0.935. The first-order chi connectivity index (χ1) is 3.86. The molecule has 1 saturated heterocycles. The predicted octanol–water partition coefficient (Wildman–Crippen LogP) is 0.546. The molecule has 2 heteroatoms. The van der Waals surface area contributed by atoms with Crippen molar-refractivity contribution in [2.24, 2.45) is 0 Å². The predicted molar refractivity (Wildman–Crippen MR) is 30.7 cm³/mol. The van der Waals surface area contributed by atoms with E-state index in [1.165, 1.54) is 0 Å². The number of hydrogen-bond acceptors (Lipinski definition) is 2. The molecule has 0 aromatic heterocycles. The summed E-state index contributed by atoms with van der Waals surface area (Å²) in [4.78, 5) is 0. The maximum atomic E-state index is 8.47. The number of ether oxygens (including phenoxy) is 1. The van der Waals surface area contributed by atoms with Gasteiger partial charge in [0.1, 0.15) is 0 Å². The fraction of sp³-hybridized carbons (Fsp3) is 1.00. The lowest BCUT2D eigenvalue weighted by molar-refractivity contribution is -0.142. The second-order valence-corrected chi connectivity index (χ2v) is 2.21. The highest BCUT2D eigenvalue weighted by Crippen LogP contribution is 2.21. The second-order valence-electron chi connectivity index (χ2n) is 2.21. The van der Waals surface area contributed by atoms with E-state index in [9.17, 15) is 0 Å². The Bertz CT molecular complexity index is 58.9. The van der Waals surface area contributed by atoms with Crippen LogP contribution >= 0.6 is 0 Å². The van der Waals surface area contributed by atoms with Gasteiger partial charge in [0.15, 0.2) is 0 Å². The number of rotatable bonds is 2. The molecule has 0 amide bonds. The van der Waals surface area contributed by atoms with Gasteiger partial charge in [-0.2, -0.15) is 0 Å². The summed E-state index contributed by atoms with van der Waals surface area (Å²) in [5.41, 5.74) is 0. The molecule has 1 N–H and O–H groups in total. The zero-order valence-corrected chi connectivity index (χ0v) is 5.13. The first kappa shape index (κ1) is 6.05. The Hall–Kier alpha value is -0.0800. The molecule has 0 aromatic rings. The maximum Gasteiger partial charge on any atom is 0.0834 e. The summed E-state index contributed by atoms with van der Waals surface area (Å²) < 4.78 is 5.19. The fourth-order valence-electron chi connectivity index (χ4n) is 0.935. The van der Waals surface area contributed by atoms with Crippen molar-refractivity contribution in [2.45, 2.75) is 32.0 Å². The SMILES string of the molecule is CCC1CC(CO)O1. The molecule has 48 valence electrons. The van der Waals surface area contributed by atoms with Crippen LogP contribution in [0.2, 0.25) is 0 Å². The molecule has 0 saturated carbocycles. The Kier molecular flexibility index (Phi) is 1.86. The summed E-state index contributed by atoms with van der Waals surface area (Å²) in [5, 5.41) is 8.47. The van der Waals surface area contributed by atoms with Gasteiger partial charge in [0.05, 0.1) is 18.8 Å². The largest absolute Gasteiger partial charge is 0.394 e. The molecule has 0 radical (unpaired) electrons. The maximum absolute atomic E-state index is 8.47. The van der Waals surface area contributed by atoms with E-state index in [2.05, 4.69) is 6.92 Å². The Morgan fingerprint density at radius 1 is 1.62 bits per heavy atom. The van der Waals surface area contributed by atoms with E-state index >= 15 is 0 Å². The minimum atomic E-state index is 0.153. The minimum Gasteiger partial charge on any atom is -0.394 e. The molecule has 8 heavy (non-hydrogen) atoms. The molecule has 0 aromatic carbocycles. The number of aliphatic hydroxyl groups is 1. The summed E-state index contributed by atoms with van der Waals surface area (Å²) in [6, 6.07) is 0. The standard InChI is InChI=1S/C6H12O2/c1-2-5-3-6(4-7)8-5/h5-7H,2-4H2,1H3. The summed E-state index contributed by atoms with van der Waals surface area (Å²) >= 11 is 0. The lowest BCUT2D eigenvalue weighted by Crippen LogP contribution is -2.39. The number of aliphatic hydroxyl groups excluding tert-OH is 1. The van der Waals surface area contributed by atoms with Gasteiger partial charge in [-0.3, -0.25) is 0 Å². The normalized spacial score (nSPS) is 36.8. The smallest absolute Gasteiger partial charge is 0.0834 e. The average molecular weight is 116 g/mol. The van der Waals surface area contributed by atoms with Crippen LogP contribution in [0.15, 0.2) is 0 Å². The van der Waals surface area contributed by atoms with E-state index in [0.717, 1.165) is 12.8 Å². The van der Waals surface area contributed by atoms with Crippen molar-refractivity contribution in [3.8, 4) is 0 Å². The van der Waals surface area contributed by atoms with Crippen molar-refractivity contribution in [1.29, 1.82) is 0 Å². The van der Waals surface area contributed by atoms with E-state index in [4.69, 9.17) is 9.84 Å². The molecule has 1 heterocycles. The highest BCUT2D eigenvalue weighted by molar-refractivity contribution is 4.74. The molecule has 0 bridgehead atoms. The van der Waals surface area contributed by atoms with Crippen molar-refractivity contribution in [1.82, 2.24) is 0 Å². The van der Waals surface area contributed by atoms with Crippen molar-refractivity contribution in [2.75, 3.05) is 6.61 Å². The van der Waals surface area contributed by atoms with Gasteiger partial charge in [-0.1, -0.05) is 6.92 Å².